The average Bonchev–Trinajstić information content (AvgIpc) is 2.78. The molecule has 2 aromatic rings. The molecule has 1 aliphatic rings. The molecule has 1 aromatic carbocycles. The molecular weight excluding hydrogens is 334 g/mol. The molecule has 0 radical (unpaired) electrons. The molecule has 2 heterocycles. The number of fused-ring (bicyclic) bond motifs is 1. The summed E-state index contributed by atoms with van der Waals surface area (Å²) in [6.07, 6.45) is 3.95. The molecule has 26 heavy (non-hydrogen) atoms. The Balaban J connectivity index is 2.20. The zero-order chi connectivity index (χ0) is 18.8. The smallest absolute Gasteiger partial charge is 0.332 e. The van der Waals surface area contributed by atoms with Crippen LogP contribution in [0.4, 0.5) is 5.82 Å². The van der Waals surface area contributed by atoms with E-state index in [0.29, 0.717) is 24.3 Å². The van der Waals surface area contributed by atoms with Gasteiger partial charge in [0.15, 0.2) is 0 Å². The highest BCUT2D eigenvalue weighted by molar-refractivity contribution is 5.69. The number of hydrogen-bond acceptors (Lipinski definition) is 4. The third kappa shape index (κ3) is 3.20. The summed E-state index contributed by atoms with van der Waals surface area (Å²) >= 11 is 0. The topological polar surface area (TPSA) is 84.5 Å². The van der Waals surface area contributed by atoms with Gasteiger partial charge in [0.25, 0.3) is 5.56 Å². The van der Waals surface area contributed by atoms with Crippen molar-refractivity contribution in [2.24, 2.45) is 14.1 Å². The number of rotatable bonds is 4. The van der Waals surface area contributed by atoms with Gasteiger partial charge in [-0.3, -0.25) is 18.7 Å². The van der Waals surface area contributed by atoms with Crippen molar-refractivity contribution < 1.29 is 9.90 Å². The summed E-state index contributed by atoms with van der Waals surface area (Å²) in [6, 6.07) is 9.70. The molecule has 0 spiro atoms. The molecule has 1 unspecified atom stereocenters. The summed E-state index contributed by atoms with van der Waals surface area (Å²) in [5.74, 6) is -0.992. The summed E-state index contributed by atoms with van der Waals surface area (Å²) in [4.78, 5) is 38.4. The van der Waals surface area contributed by atoms with Crippen LogP contribution in [0.1, 0.15) is 29.9 Å². The Kier molecular flexibility index (Phi) is 4.79. The van der Waals surface area contributed by atoms with Crippen molar-refractivity contribution in [2.45, 2.75) is 25.3 Å². The lowest BCUT2D eigenvalue weighted by Gasteiger charge is -2.26. The molecule has 0 fully saturated rings. The van der Waals surface area contributed by atoms with Gasteiger partial charge in [-0.1, -0.05) is 36.4 Å². The van der Waals surface area contributed by atoms with Gasteiger partial charge in [0.2, 0.25) is 0 Å². The molecule has 0 bridgehead atoms. The van der Waals surface area contributed by atoms with Crippen molar-refractivity contribution in [3.63, 3.8) is 0 Å². The number of carbonyl (C=O) groups is 1. The average molecular weight is 355 g/mol. The second kappa shape index (κ2) is 7.03. The van der Waals surface area contributed by atoms with Gasteiger partial charge in [0, 0.05) is 32.8 Å². The van der Waals surface area contributed by atoms with Crippen molar-refractivity contribution in [3.8, 4) is 0 Å². The van der Waals surface area contributed by atoms with Crippen LogP contribution in [-0.4, -0.2) is 20.2 Å². The molecule has 136 valence electrons. The second-order valence-electron chi connectivity index (χ2n) is 6.47. The lowest BCUT2D eigenvalue weighted by molar-refractivity contribution is -0.137. The second-order valence-corrected chi connectivity index (χ2v) is 6.47. The normalized spacial score (nSPS) is 16.2. The molecule has 0 aliphatic carbocycles. The molecule has 0 saturated heterocycles. The minimum absolute atomic E-state index is 0.163. The molecule has 0 saturated carbocycles. The first-order valence-electron chi connectivity index (χ1n) is 8.39. The molecule has 1 aliphatic heterocycles. The Hall–Kier alpha value is -3.09. The highest BCUT2D eigenvalue weighted by Gasteiger charge is 2.29. The standard InChI is InChI=1S/C19H21N3O4/c1-20-17-16(18(25)21(2)19(20)26)14(11-15(23)24)9-6-10-22(17)12-13-7-4-3-5-8-13/h3-8,10,14H,9,11-12H2,1-2H3,(H,23,24). The van der Waals surface area contributed by atoms with Crippen LogP contribution >= 0.6 is 0 Å². The Bertz CT molecular complexity index is 973. The largest absolute Gasteiger partial charge is 0.481 e. The van der Waals surface area contributed by atoms with Crippen molar-refractivity contribution in [3.05, 3.63) is 74.6 Å². The van der Waals surface area contributed by atoms with Crippen molar-refractivity contribution in [1.82, 2.24) is 9.13 Å². The van der Waals surface area contributed by atoms with Gasteiger partial charge >= 0.3 is 11.7 Å². The number of carboxylic acid groups (broad SMARTS) is 1. The Morgan fingerprint density at radius 1 is 1.15 bits per heavy atom. The predicted molar refractivity (Wildman–Crippen MR) is 98.3 cm³/mol. The fraction of sp³-hybridized carbons (Fsp3) is 0.316. The number of anilines is 1. The quantitative estimate of drug-likeness (QED) is 0.900. The third-order valence-electron chi connectivity index (χ3n) is 4.67. The SMILES string of the molecule is Cn1c2c(c(=O)n(C)c1=O)C(CC(=O)O)CC=CN2Cc1ccccc1. The van der Waals surface area contributed by atoms with Crippen LogP contribution < -0.4 is 16.1 Å². The van der Waals surface area contributed by atoms with E-state index >= 15 is 0 Å². The molecule has 0 amide bonds. The van der Waals surface area contributed by atoms with Gasteiger partial charge < -0.3 is 10.0 Å². The zero-order valence-corrected chi connectivity index (χ0v) is 14.8. The first-order chi connectivity index (χ1) is 12.4. The van der Waals surface area contributed by atoms with E-state index in [4.69, 9.17) is 0 Å². The number of hydrogen-bond donors (Lipinski definition) is 1. The molecular formula is C19H21N3O4. The molecule has 7 heteroatoms. The zero-order valence-electron chi connectivity index (χ0n) is 14.8. The minimum atomic E-state index is -0.971. The maximum atomic E-state index is 12.8. The highest BCUT2D eigenvalue weighted by atomic mass is 16.4. The summed E-state index contributed by atoms with van der Waals surface area (Å²) in [5, 5.41) is 9.25. The van der Waals surface area contributed by atoms with Crippen LogP contribution in [0.3, 0.4) is 0 Å². The lowest BCUT2D eigenvalue weighted by atomic mass is 9.94. The predicted octanol–water partition coefficient (Wildman–Crippen LogP) is 1.57. The van der Waals surface area contributed by atoms with E-state index in [2.05, 4.69) is 0 Å². The van der Waals surface area contributed by atoms with E-state index in [0.717, 1.165) is 10.1 Å². The third-order valence-corrected chi connectivity index (χ3v) is 4.67. The first kappa shape index (κ1) is 17.7. The number of carboxylic acids is 1. The van der Waals surface area contributed by atoms with Gasteiger partial charge in [-0.2, -0.15) is 0 Å². The fourth-order valence-electron chi connectivity index (χ4n) is 3.41. The van der Waals surface area contributed by atoms with Gasteiger partial charge in [0.05, 0.1) is 12.0 Å². The summed E-state index contributed by atoms with van der Waals surface area (Å²) in [5.41, 5.74) is 0.526. The number of nitrogens with zero attached hydrogens (tertiary/aromatic N) is 3. The first-order valence-corrected chi connectivity index (χ1v) is 8.39. The van der Waals surface area contributed by atoms with E-state index in [1.54, 1.807) is 7.05 Å². The van der Waals surface area contributed by atoms with E-state index in [1.165, 1.54) is 11.6 Å². The van der Waals surface area contributed by atoms with Crippen LogP contribution in [0.5, 0.6) is 0 Å². The lowest BCUT2D eigenvalue weighted by Crippen LogP contribution is -2.42. The van der Waals surface area contributed by atoms with Crippen molar-refractivity contribution in [2.75, 3.05) is 4.90 Å². The van der Waals surface area contributed by atoms with E-state index in [9.17, 15) is 19.5 Å². The maximum absolute atomic E-state index is 12.8. The molecule has 1 N–H and O–H groups in total. The van der Waals surface area contributed by atoms with Crippen LogP contribution in [0.2, 0.25) is 0 Å². The van der Waals surface area contributed by atoms with Crippen LogP contribution in [0.25, 0.3) is 0 Å². The Labute approximate surface area is 150 Å². The summed E-state index contributed by atoms with van der Waals surface area (Å²) < 4.78 is 2.46. The molecule has 3 rings (SSSR count). The van der Waals surface area contributed by atoms with Crippen LogP contribution in [0, 0.1) is 0 Å². The van der Waals surface area contributed by atoms with Gasteiger partial charge in [-0.15, -0.1) is 0 Å². The monoisotopic (exact) mass is 355 g/mol. The molecule has 1 aromatic heterocycles. The Morgan fingerprint density at radius 2 is 1.85 bits per heavy atom. The Morgan fingerprint density at radius 3 is 2.50 bits per heavy atom. The number of allylic oxidation sites excluding steroid dienone is 1. The van der Waals surface area contributed by atoms with E-state index < -0.39 is 23.1 Å². The van der Waals surface area contributed by atoms with Gasteiger partial charge in [0.1, 0.15) is 5.82 Å². The summed E-state index contributed by atoms with van der Waals surface area (Å²) in [7, 11) is 3.03. The molecule has 7 nitrogen and oxygen atoms in total. The number of aliphatic carboxylic acids is 1. The van der Waals surface area contributed by atoms with Gasteiger partial charge in [-0.25, -0.2) is 4.79 Å². The minimum Gasteiger partial charge on any atom is -0.481 e. The van der Waals surface area contributed by atoms with E-state index in [1.807, 2.05) is 47.5 Å². The molecule has 1 atom stereocenters. The number of aromatic nitrogens is 2. The maximum Gasteiger partial charge on any atom is 0.332 e. The summed E-state index contributed by atoms with van der Waals surface area (Å²) in [6.45, 7) is 0.477. The fourth-order valence-corrected chi connectivity index (χ4v) is 3.41. The van der Waals surface area contributed by atoms with Crippen molar-refractivity contribution in [1.29, 1.82) is 0 Å². The van der Waals surface area contributed by atoms with Crippen LogP contribution in [0.15, 0.2) is 52.2 Å². The number of benzene rings is 1. The van der Waals surface area contributed by atoms with E-state index in [-0.39, 0.29) is 6.42 Å². The van der Waals surface area contributed by atoms with Crippen molar-refractivity contribution >= 4 is 11.8 Å². The highest BCUT2D eigenvalue weighted by Crippen LogP contribution is 2.32. The van der Waals surface area contributed by atoms with Crippen LogP contribution in [-0.2, 0) is 25.4 Å². The van der Waals surface area contributed by atoms with Gasteiger partial charge in [-0.05, 0) is 12.0 Å².